The lowest BCUT2D eigenvalue weighted by Crippen LogP contribution is -2.49. The van der Waals surface area contributed by atoms with Crippen LogP contribution in [0.1, 0.15) is 343 Å². The van der Waals surface area contributed by atoms with Gasteiger partial charge in [-0.25, -0.2) is 0 Å². The third-order valence-electron chi connectivity index (χ3n) is 21.4. The Morgan fingerprint density at radius 1 is 0.463 bits per heavy atom. The first-order valence-electron chi connectivity index (χ1n) is 30.6. The lowest BCUT2D eigenvalue weighted by molar-refractivity contribution is -0.184. The molecule has 7 rings (SSSR count). The molecule has 0 N–H and O–H groups in total. The Kier molecular flexibility index (Phi) is 39.3. The van der Waals surface area contributed by atoms with Crippen molar-refractivity contribution in [2.24, 2.45) is 91.7 Å². The number of rotatable bonds is 12. The molecule has 0 aromatic rings. The first kappa shape index (κ1) is 93.6. The molecule has 0 heterocycles. The molecule has 0 radical (unpaired) electrons. The number of hydrogen-bond donors (Lipinski definition) is 0. The van der Waals surface area contributed by atoms with Crippen molar-refractivity contribution in [3.8, 4) is 0 Å². The number of carbonyl (C=O) groups is 4. The molecular weight excluding hydrogens is 1020 g/mol. The van der Waals surface area contributed by atoms with E-state index in [-0.39, 0.29) is 133 Å². The van der Waals surface area contributed by atoms with Gasteiger partial charge in [0.05, 0.1) is 21.7 Å². The summed E-state index contributed by atoms with van der Waals surface area (Å²) in [6, 6.07) is 0. The molecule has 0 aromatic carbocycles. The van der Waals surface area contributed by atoms with Crippen LogP contribution < -0.4 is 0 Å². The van der Waals surface area contributed by atoms with E-state index in [1.165, 1.54) is 51.4 Å². The summed E-state index contributed by atoms with van der Waals surface area (Å²) in [6.07, 6.45) is 16.5. The van der Waals surface area contributed by atoms with Crippen molar-refractivity contribution >= 4 is 23.9 Å². The van der Waals surface area contributed by atoms with Crippen LogP contribution in [0.25, 0.3) is 0 Å². The van der Waals surface area contributed by atoms with Gasteiger partial charge in [-0.05, 0) is 252 Å². The molecule has 6 bridgehead atoms. The lowest BCUT2D eigenvalue weighted by atomic mass is 9.64. The van der Waals surface area contributed by atoms with Crippen LogP contribution in [-0.2, 0) is 38.1 Å². The largest absolute Gasteiger partial charge is 0.460 e. The predicted octanol–water partition coefficient (Wildman–Crippen LogP) is 23.3. The molecule has 8 nitrogen and oxygen atoms in total. The van der Waals surface area contributed by atoms with Gasteiger partial charge in [0.25, 0.3) is 0 Å². The Balaban J connectivity index is -0.000000179. The van der Waals surface area contributed by atoms with E-state index in [2.05, 4.69) is 62.3 Å². The summed E-state index contributed by atoms with van der Waals surface area (Å²) in [5, 5.41) is 0. The number of carbonyl (C=O) groups excluding carboxylic acids is 4. The fourth-order valence-corrected chi connectivity index (χ4v) is 14.2. The minimum Gasteiger partial charge on any atom is -0.460 e. The SMILES string of the molecule is C.C.C.C.C.C.C.C.CC.CC.CCC(C)(C)C(=O)OC(C)(C)C.CCC(C)(C)C(=O)OC(C)(C)C(C)C.CCC(C)(C)C(=O)OC1(C)CC2CC1C1C3CCC(C3)C21.CCC(C)(C)C(=O)OC1(C)CCC23CC1C(C)(C)C2CCC3C. The van der Waals surface area contributed by atoms with Gasteiger partial charge in [0, 0.05) is 11.8 Å². The van der Waals surface area contributed by atoms with Crippen molar-refractivity contribution in [1.29, 1.82) is 0 Å². The Morgan fingerprint density at radius 2 is 0.841 bits per heavy atom. The molecule has 8 heteroatoms. The molecule has 7 aliphatic carbocycles. The van der Waals surface area contributed by atoms with E-state index in [4.69, 9.17) is 18.9 Å². The first-order valence-corrected chi connectivity index (χ1v) is 30.6. The summed E-state index contributed by atoms with van der Waals surface area (Å²) in [5.41, 5.74) is -1.80. The Bertz CT molecular complexity index is 1850. The third kappa shape index (κ3) is 20.2. The maximum absolute atomic E-state index is 12.7. The smallest absolute Gasteiger partial charge is 0.312 e. The normalized spacial score (nSPS) is 29.8. The summed E-state index contributed by atoms with van der Waals surface area (Å²) in [4.78, 5) is 48.6. The van der Waals surface area contributed by atoms with Crippen LogP contribution in [0.2, 0.25) is 0 Å². The maximum Gasteiger partial charge on any atom is 0.312 e. The average molecular weight is 1170 g/mol. The molecule has 7 saturated carbocycles. The fourth-order valence-electron chi connectivity index (χ4n) is 14.2. The van der Waals surface area contributed by atoms with E-state index in [9.17, 15) is 19.2 Å². The summed E-state index contributed by atoms with van der Waals surface area (Å²) < 4.78 is 23.2. The molecule has 0 amide bonds. The maximum atomic E-state index is 12.7. The minimum absolute atomic E-state index is 0. The molecule has 7 fully saturated rings. The zero-order valence-corrected chi connectivity index (χ0v) is 53.9. The fraction of sp³-hybridized carbons (Fsp3) is 0.946. The van der Waals surface area contributed by atoms with Crippen molar-refractivity contribution in [3.05, 3.63) is 0 Å². The summed E-state index contributed by atoms with van der Waals surface area (Å²) in [6.45, 7) is 57.4. The van der Waals surface area contributed by atoms with Crippen LogP contribution in [-0.4, -0.2) is 46.3 Å². The van der Waals surface area contributed by atoms with Crippen molar-refractivity contribution in [2.75, 3.05) is 0 Å². The Labute approximate surface area is 517 Å². The number of fused-ring (bicyclic) bond motifs is 10. The van der Waals surface area contributed by atoms with E-state index < -0.39 is 0 Å². The average Bonchev–Trinajstić information content (AvgIpc) is 4.17. The molecular formula is C74H154O8. The Hall–Kier alpha value is -2.12. The van der Waals surface area contributed by atoms with E-state index in [0.29, 0.717) is 23.2 Å². The van der Waals surface area contributed by atoms with E-state index in [1.54, 1.807) is 0 Å². The van der Waals surface area contributed by atoms with Gasteiger partial charge >= 0.3 is 23.9 Å². The molecule has 7 aliphatic rings. The van der Waals surface area contributed by atoms with Crippen LogP contribution >= 0.6 is 0 Å². The molecule has 0 aromatic heterocycles. The third-order valence-corrected chi connectivity index (χ3v) is 21.4. The second-order valence-corrected chi connectivity index (χ2v) is 29.6. The van der Waals surface area contributed by atoms with Gasteiger partial charge < -0.3 is 18.9 Å². The van der Waals surface area contributed by atoms with E-state index >= 15 is 0 Å². The number of hydrogen-bond acceptors (Lipinski definition) is 8. The van der Waals surface area contributed by atoms with Crippen LogP contribution in [0.5, 0.6) is 0 Å². The van der Waals surface area contributed by atoms with Gasteiger partial charge in [0.1, 0.15) is 22.4 Å². The summed E-state index contributed by atoms with van der Waals surface area (Å²) >= 11 is 0. The monoisotopic (exact) mass is 1170 g/mol. The van der Waals surface area contributed by atoms with Gasteiger partial charge in [0.15, 0.2) is 0 Å². The van der Waals surface area contributed by atoms with Gasteiger partial charge in [-0.15, -0.1) is 0 Å². The topological polar surface area (TPSA) is 105 Å². The highest BCUT2D eigenvalue weighted by Crippen LogP contribution is 2.74. The highest BCUT2D eigenvalue weighted by molar-refractivity contribution is 5.77. The van der Waals surface area contributed by atoms with Gasteiger partial charge in [-0.1, -0.05) is 149 Å². The van der Waals surface area contributed by atoms with Crippen LogP contribution in [0.15, 0.2) is 0 Å². The summed E-state index contributed by atoms with van der Waals surface area (Å²) in [7, 11) is 0. The molecule has 12 atom stereocenters. The molecule has 82 heavy (non-hydrogen) atoms. The lowest BCUT2D eigenvalue weighted by Gasteiger charge is -2.47. The second-order valence-electron chi connectivity index (χ2n) is 29.6. The summed E-state index contributed by atoms with van der Waals surface area (Å²) in [5.74, 6) is 7.64. The van der Waals surface area contributed by atoms with Gasteiger partial charge in [-0.2, -0.15) is 0 Å². The zero-order valence-electron chi connectivity index (χ0n) is 53.9. The Morgan fingerprint density at radius 3 is 1.23 bits per heavy atom. The van der Waals surface area contributed by atoms with Crippen LogP contribution in [0.4, 0.5) is 0 Å². The molecule has 12 unspecified atom stereocenters. The molecule has 0 aliphatic heterocycles. The minimum atomic E-state index is -0.372. The van der Waals surface area contributed by atoms with Gasteiger partial charge in [0.2, 0.25) is 0 Å². The van der Waals surface area contributed by atoms with Crippen LogP contribution in [0, 0.1) is 91.7 Å². The number of esters is 4. The zero-order chi connectivity index (χ0) is 57.8. The quantitative estimate of drug-likeness (QED) is 0.108. The van der Waals surface area contributed by atoms with E-state index in [0.717, 1.165) is 80.0 Å². The van der Waals surface area contributed by atoms with Crippen molar-refractivity contribution in [3.63, 3.8) is 0 Å². The predicted molar refractivity (Wildman–Crippen MR) is 362 cm³/mol. The number of ether oxygens (including phenoxy) is 4. The first-order chi connectivity index (χ1) is 33.7. The van der Waals surface area contributed by atoms with Crippen molar-refractivity contribution < 1.29 is 38.1 Å². The highest BCUT2D eigenvalue weighted by atomic mass is 16.6. The highest BCUT2D eigenvalue weighted by Gasteiger charge is 2.70. The van der Waals surface area contributed by atoms with Crippen molar-refractivity contribution in [2.45, 2.75) is 366 Å². The molecule has 0 saturated heterocycles. The molecule has 1 spiro atoms. The van der Waals surface area contributed by atoms with Crippen molar-refractivity contribution in [1.82, 2.24) is 0 Å². The second kappa shape index (κ2) is 34.4. The molecule has 498 valence electrons. The van der Waals surface area contributed by atoms with Crippen LogP contribution in [0.3, 0.4) is 0 Å². The van der Waals surface area contributed by atoms with E-state index in [1.807, 2.05) is 132 Å². The van der Waals surface area contributed by atoms with Gasteiger partial charge in [-0.3, -0.25) is 19.2 Å². The standard InChI is InChI=1S/C21H36O2.C19H30O2.C12H24O2.C10H20O2.2C2H6.8CH4/c1-8-18(3,4)17(22)23-20(7)11-12-21-13-16(20)19(5,6)15(21)10-9-14(21)2;1-5-18(2,3)17(20)21-19(4)10-13-9-14(19)16-12-7-6-11(8-12)15(13)16;1-8-11(4,5)10(13)14-12(6,7)9(2)3;1-7-10(5,6)8(11)12-9(2,3)4;2*1-2;;;;;;;;/h14-16H,8-13H2,1-7H3;11-16H,5-10H2,1-4H3;9H,8H2,1-7H3;7H2,1-6H3;2*1-2H3;8*1H4.